The normalized spacial score (nSPS) is 14.8. The zero-order valence-corrected chi connectivity index (χ0v) is 20.1. The Bertz CT molecular complexity index is 1370. The maximum atomic E-state index is 13.1. The summed E-state index contributed by atoms with van der Waals surface area (Å²) in [5, 5.41) is 22.7. The Balaban J connectivity index is 1.56. The van der Waals surface area contributed by atoms with Crippen LogP contribution in [0.25, 0.3) is 5.69 Å². The van der Waals surface area contributed by atoms with E-state index in [0.29, 0.717) is 29.8 Å². The van der Waals surface area contributed by atoms with E-state index in [1.807, 2.05) is 12.1 Å². The second-order valence-corrected chi connectivity index (χ2v) is 8.89. The molecule has 1 atom stereocenters. The number of carbonyl (C=O) groups excluding carboxylic acids is 2. The van der Waals surface area contributed by atoms with E-state index in [9.17, 15) is 28.0 Å². The fourth-order valence-corrected chi connectivity index (χ4v) is 3.77. The summed E-state index contributed by atoms with van der Waals surface area (Å²) in [7, 11) is 0. The predicted octanol–water partition coefficient (Wildman–Crippen LogP) is 3.64. The molecule has 1 aromatic heterocycles. The summed E-state index contributed by atoms with van der Waals surface area (Å²) in [5.41, 5.74) is 0.267. The Morgan fingerprint density at radius 3 is 2.51 bits per heavy atom. The fraction of sp³-hybridized carbons (Fsp3) is 0.292. The SMILES string of the molecule is Cc1nn(-c2ccccc2)nc1C(=O)N[C@@H](Cc1ccc(OC(F)(F)F)c(Cl)c1)C(=O)NC1(C#N)CC1. The van der Waals surface area contributed by atoms with Gasteiger partial charge in [-0.3, -0.25) is 9.59 Å². The van der Waals surface area contributed by atoms with E-state index in [0.717, 1.165) is 6.07 Å². The molecule has 0 bridgehead atoms. The van der Waals surface area contributed by atoms with E-state index in [1.54, 1.807) is 31.2 Å². The molecule has 1 aliphatic carbocycles. The third kappa shape index (κ3) is 6.37. The fourth-order valence-electron chi connectivity index (χ4n) is 3.53. The number of amides is 2. The van der Waals surface area contributed by atoms with Crippen LogP contribution in [-0.4, -0.2) is 44.8 Å². The molecule has 0 saturated heterocycles. The van der Waals surface area contributed by atoms with E-state index in [1.165, 1.54) is 16.9 Å². The summed E-state index contributed by atoms with van der Waals surface area (Å²) in [5.74, 6) is -1.92. The van der Waals surface area contributed by atoms with Crippen LogP contribution in [0.5, 0.6) is 5.75 Å². The van der Waals surface area contributed by atoms with Crippen LogP contribution in [-0.2, 0) is 11.2 Å². The maximum absolute atomic E-state index is 13.1. The molecule has 1 aliphatic rings. The van der Waals surface area contributed by atoms with Gasteiger partial charge in [-0.05, 0) is 49.6 Å². The van der Waals surface area contributed by atoms with Crippen LogP contribution in [0.2, 0.25) is 5.02 Å². The van der Waals surface area contributed by atoms with Gasteiger partial charge in [-0.1, -0.05) is 35.9 Å². The van der Waals surface area contributed by atoms with Crippen molar-refractivity contribution in [3.05, 3.63) is 70.5 Å². The van der Waals surface area contributed by atoms with Crippen LogP contribution in [0.15, 0.2) is 48.5 Å². The number of hydrogen-bond donors (Lipinski definition) is 2. The second kappa shape index (κ2) is 10.1. The van der Waals surface area contributed by atoms with Crippen molar-refractivity contribution < 1.29 is 27.5 Å². The molecule has 192 valence electrons. The highest BCUT2D eigenvalue weighted by atomic mass is 35.5. The quantitative estimate of drug-likeness (QED) is 0.457. The monoisotopic (exact) mass is 532 g/mol. The van der Waals surface area contributed by atoms with E-state index in [2.05, 4.69) is 25.6 Å². The molecule has 2 N–H and O–H groups in total. The van der Waals surface area contributed by atoms with Crippen molar-refractivity contribution in [3.8, 4) is 17.5 Å². The number of aromatic nitrogens is 3. The van der Waals surface area contributed by atoms with Crippen molar-refractivity contribution >= 4 is 23.4 Å². The lowest BCUT2D eigenvalue weighted by Crippen LogP contribution is -2.51. The van der Waals surface area contributed by atoms with Crippen molar-refractivity contribution in [3.63, 3.8) is 0 Å². The first kappa shape index (κ1) is 26.0. The predicted molar refractivity (Wildman–Crippen MR) is 125 cm³/mol. The van der Waals surface area contributed by atoms with Crippen molar-refractivity contribution in [2.24, 2.45) is 0 Å². The Labute approximate surface area is 214 Å². The van der Waals surface area contributed by atoms with Gasteiger partial charge >= 0.3 is 6.36 Å². The molecule has 0 spiro atoms. The summed E-state index contributed by atoms with van der Waals surface area (Å²) in [6.45, 7) is 1.59. The molecule has 2 amide bonds. The zero-order chi connectivity index (χ0) is 26.8. The Kier molecular flexibility index (Phi) is 7.09. The van der Waals surface area contributed by atoms with Crippen LogP contribution in [0.3, 0.4) is 0 Å². The minimum absolute atomic E-state index is 0.0185. The number of aryl methyl sites for hydroxylation is 1. The minimum atomic E-state index is -4.92. The van der Waals surface area contributed by atoms with E-state index in [4.69, 9.17) is 11.6 Å². The lowest BCUT2D eigenvalue weighted by molar-refractivity contribution is -0.274. The zero-order valence-electron chi connectivity index (χ0n) is 19.3. The lowest BCUT2D eigenvalue weighted by atomic mass is 10.0. The second-order valence-electron chi connectivity index (χ2n) is 8.48. The highest BCUT2D eigenvalue weighted by Crippen LogP contribution is 2.34. The molecule has 1 fully saturated rings. The van der Waals surface area contributed by atoms with Crippen molar-refractivity contribution in [1.29, 1.82) is 5.26 Å². The molecular weight excluding hydrogens is 513 g/mol. The number of nitriles is 1. The topological polar surface area (TPSA) is 122 Å². The largest absolute Gasteiger partial charge is 0.573 e. The Morgan fingerprint density at radius 2 is 1.92 bits per heavy atom. The molecule has 3 aromatic rings. The molecular formula is C24H20ClF3N6O3. The van der Waals surface area contributed by atoms with Crippen molar-refractivity contribution in [2.45, 2.75) is 44.1 Å². The number of nitrogens with one attached hydrogen (secondary N) is 2. The van der Waals surface area contributed by atoms with E-state index >= 15 is 0 Å². The van der Waals surface area contributed by atoms with Crippen LogP contribution < -0.4 is 15.4 Å². The van der Waals surface area contributed by atoms with Gasteiger partial charge in [0.1, 0.15) is 17.3 Å². The summed E-state index contributed by atoms with van der Waals surface area (Å²) in [6, 6.07) is 13.3. The van der Waals surface area contributed by atoms with Gasteiger partial charge in [0.2, 0.25) is 5.91 Å². The van der Waals surface area contributed by atoms with Gasteiger partial charge in [0.15, 0.2) is 5.69 Å². The molecule has 0 radical (unpaired) electrons. The number of ether oxygens (including phenoxy) is 1. The molecule has 4 rings (SSSR count). The number of rotatable bonds is 8. The van der Waals surface area contributed by atoms with Gasteiger partial charge in [-0.2, -0.15) is 15.2 Å². The van der Waals surface area contributed by atoms with Crippen molar-refractivity contribution in [1.82, 2.24) is 25.6 Å². The van der Waals surface area contributed by atoms with Crippen LogP contribution in [0.1, 0.15) is 34.6 Å². The third-order valence-corrected chi connectivity index (χ3v) is 5.89. The van der Waals surface area contributed by atoms with Gasteiger partial charge in [-0.25, -0.2) is 0 Å². The summed E-state index contributed by atoms with van der Waals surface area (Å²) in [4.78, 5) is 27.4. The van der Waals surface area contributed by atoms with Crippen molar-refractivity contribution in [2.75, 3.05) is 0 Å². The summed E-state index contributed by atoms with van der Waals surface area (Å²) < 4.78 is 41.6. The summed E-state index contributed by atoms with van der Waals surface area (Å²) in [6.07, 6.45) is -4.12. The molecule has 13 heteroatoms. The average Bonchev–Trinajstić information content (AvgIpc) is 3.51. The highest BCUT2D eigenvalue weighted by Gasteiger charge is 2.45. The molecule has 1 saturated carbocycles. The molecule has 37 heavy (non-hydrogen) atoms. The molecule has 9 nitrogen and oxygen atoms in total. The number of para-hydroxylation sites is 1. The first-order valence-corrected chi connectivity index (χ1v) is 11.4. The number of benzene rings is 2. The van der Waals surface area contributed by atoms with Gasteiger partial charge in [0, 0.05) is 6.42 Å². The summed E-state index contributed by atoms with van der Waals surface area (Å²) >= 11 is 5.94. The number of nitrogens with zero attached hydrogens (tertiary/aromatic N) is 4. The van der Waals surface area contributed by atoms with Gasteiger partial charge in [0.25, 0.3) is 5.91 Å². The number of hydrogen-bond acceptors (Lipinski definition) is 6. The molecule has 0 aliphatic heterocycles. The minimum Gasteiger partial charge on any atom is -0.404 e. The number of alkyl halides is 3. The maximum Gasteiger partial charge on any atom is 0.573 e. The molecule has 0 unspecified atom stereocenters. The van der Waals surface area contributed by atoms with Crippen LogP contribution in [0, 0.1) is 18.3 Å². The number of carbonyl (C=O) groups is 2. The smallest absolute Gasteiger partial charge is 0.404 e. The Morgan fingerprint density at radius 1 is 1.22 bits per heavy atom. The van der Waals surface area contributed by atoms with Gasteiger partial charge in [0.05, 0.1) is 22.5 Å². The standard InChI is InChI=1S/C24H20ClF3N6O3/c1-14-20(33-34(32-14)16-5-3-2-4-6-16)22(36)30-18(21(35)31-23(13-29)9-10-23)12-15-7-8-19(17(25)11-15)37-24(26,27)28/h2-8,11,18H,9-10,12H2,1H3,(H,30,36)(H,31,35)/t18-/m0/s1. The first-order valence-electron chi connectivity index (χ1n) is 11.1. The van der Waals surface area contributed by atoms with Gasteiger partial charge < -0.3 is 15.4 Å². The highest BCUT2D eigenvalue weighted by molar-refractivity contribution is 6.32. The first-order chi connectivity index (χ1) is 17.5. The van der Waals surface area contributed by atoms with E-state index < -0.39 is 35.5 Å². The van der Waals surface area contributed by atoms with Crippen LogP contribution in [0.4, 0.5) is 13.2 Å². The molecule has 1 heterocycles. The third-order valence-electron chi connectivity index (χ3n) is 5.59. The lowest BCUT2D eigenvalue weighted by Gasteiger charge is -2.20. The molecule has 2 aromatic carbocycles. The van der Waals surface area contributed by atoms with Crippen LogP contribution >= 0.6 is 11.6 Å². The Hall–Kier alpha value is -4.11. The van der Waals surface area contributed by atoms with Gasteiger partial charge in [-0.15, -0.1) is 18.3 Å². The number of halogens is 4. The van der Waals surface area contributed by atoms with E-state index in [-0.39, 0.29) is 17.1 Å². The average molecular weight is 533 g/mol.